The molecule has 0 bridgehead atoms. The lowest BCUT2D eigenvalue weighted by Crippen LogP contribution is -1.98. The zero-order chi connectivity index (χ0) is 11.7. The SMILES string of the molecule is CC=Cc1ccccc1C(=O)O.CC=O. The van der Waals surface area contributed by atoms with Crippen molar-refractivity contribution in [2.24, 2.45) is 0 Å². The van der Waals surface area contributed by atoms with Crippen molar-refractivity contribution in [3.63, 3.8) is 0 Å². The third-order valence-corrected chi connectivity index (χ3v) is 1.54. The molecule has 0 aliphatic carbocycles. The van der Waals surface area contributed by atoms with Gasteiger partial charge in [0.2, 0.25) is 0 Å². The van der Waals surface area contributed by atoms with Gasteiger partial charge in [-0.1, -0.05) is 30.4 Å². The quantitative estimate of drug-likeness (QED) is 0.757. The lowest BCUT2D eigenvalue weighted by molar-refractivity contribution is -0.106. The minimum atomic E-state index is -0.885. The summed E-state index contributed by atoms with van der Waals surface area (Å²) in [5.41, 5.74) is 1.09. The van der Waals surface area contributed by atoms with Crippen LogP contribution in [0.1, 0.15) is 29.8 Å². The molecular weight excluding hydrogens is 192 g/mol. The Hall–Kier alpha value is -1.90. The second-order valence-electron chi connectivity index (χ2n) is 2.63. The first kappa shape index (κ1) is 13.1. The first-order chi connectivity index (χ1) is 7.17. The number of aromatic carboxylic acids is 1. The molecule has 1 aromatic carbocycles. The number of carbonyl (C=O) groups excluding carboxylic acids is 1. The summed E-state index contributed by atoms with van der Waals surface area (Å²) in [6, 6.07) is 6.92. The van der Waals surface area contributed by atoms with E-state index < -0.39 is 5.97 Å². The Morgan fingerprint density at radius 1 is 1.27 bits per heavy atom. The van der Waals surface area contributed by atoms with E-state index >= 15 is 0 Å². The van der Waals surface area contributed by atoms with Gasteiger partial charge in [0.25, 0.3) is 0 Å². The monoisotopic (exact) mass is 206 g/mol. The van der Waals surface area contributed by atoms with Crippen molar-refractivity contribution < 1.29 is 14.7 Å². The summed E-state index contributed by atoms with van der Waals surface area (Å²) in [5.74, 6) is -0.885. The van der Waals surface area contributed by atoms with Gasteiger partial charge >= 0.3 is 5.97 Å². The van der Waals surface area contributed by atoms with E-state index in [-0.39, 0.29) is 0 Å². The molecule has 0 unspecified atom stereocenters. The number of benzene rings is 1. The molecule has 0 aliphatic rings. The molecule has 0 amide bonds. The van der Waals surface area contributed by atoms with Crippen molar-refractivity contribution in [1.82, 2.24) is 0 Å². The zero-order valence-corrected chi connectivity index (χ0v) is 8.81. The molecule has 0 aromatic heterocycles. The third-order valence-electron chi connectivity index (χ3n) is 1.54. The van der Waals surface area contributed by atoms with Crippen LogP contribution in [-0.2, 0) is 4.79 Å². The first-order valence-corrected chi connectivity index (χ1v) is 4.52. The van der Waals surface area contributed by atoms with Crippen molar-refractivity contribution in [1.29, 1.82) is 0 Å². The molecule has 15 heavy (non-hydrogen) atoms. The summed E-state index contributed by atoms with van der Waals surface area (Å²) >= 11 is 0. The molecule has 3 nitrogen and oxygen atoms in total. The Morgan fingerprint density at radius 2 is 1.80 bits per heavy atom. The molecule has 1 N–H and O–H groups in total. The molecule has 0 radical (unpaired) electrons. The smallest absolute Gasteiger partial charge is 0.336 e. The second kappa shape index (κ2) is 7.50. The van der Waals surface area contributed by atoms with Gasteiger partial charge in [0.15, 0.2) is 0 Å². The van der Waals surface area contributed by atoms with Gasteiger partial charge in [-0.15, -0.1) is 0 Å². The Bertz CT molecular complexity index is 354. The van der Waals surface area contributed by atoms with Crippen LogP contribution in [0.3, 0.4) is 0 Å². The fourth-order valence-electron chi connectivity index (χ4n) is 1.02. The van der Waals surface area contributed by atoms with Crippen LogP contribution < -0.4 is 0 Å². The van der Waals surface area contributed by atoms with Crippen LogP contribution in [0.4, 0.5) is 0 Å². The van der Waals surface area contributed by atoms with Crippen molar-refractivity contribution in [3.05, 3.63) is 41.5 Å². The van der Waals surface area contributed by atoms with E-state index in [2.05, 4.69) is 0 Å². The molecule has 80 valence electrons. The summed E-state index contributed by atoms with van der Waals surface area (Å²) in [5, 5.41) is 8.76. The largest absolute Gasteiger partial charge is 0.478 e. The summed E-state index contributed by atoms with van der Waals surface area (Å²) < 4.78 is 0. The summed E-state index contributed by atoms with van der Waals surface area (Å²) in [7, 11) is 0. The lowest BCUT2D eigenvalue weighted by Gasteiger charge is -1.98. The highest BCUT2D eigenvalue weighted by Crippen LogP contribution is 2.10. The van der Waals surface area contributed by atoms with Crippen LogP contribution in [0.15, 0.2) is 30.3 Å². The second-order valence-corrected chi connectivity index (χ2v) is 2.63. The maximum Gasteiger partial charge on any atom is 0.336 e. The van der Waals surface area contributed by atoms with E-state index in [1.165, 1.54) is 6.92 Å². The topological polar surface area (TPSA) is 54.4 Å². The maximum atomic E-state index is 10.7. The molecule has 0 saturated carbocycles. The molecule has 0 saturated heterocycles. The molecule has 3 heteroatoms. The number of carbonyl (C=O) groups is 2. The van der Waals surface area contributed by atoms with E-state index in [0.717, 1.165) is 11.8 Å². The van der Waals surface area contributed by atoms with Gasteiger partial charge in [-0.05, 0) is 25.5 Å². The number of allylic oxidation sites excluding steroid dienone is 1. The van der Waals surface area contributed by atoms with Gasteiger partial charge in [-0.3, -0.25) is 0 Å². The first-order valence-electron chi connectivity index (χ1n) is 4.52. The van der Waals surface area contributed by atoms with Crippen LogP contribution in [0.25, 0.3) is 6.08 Å². The number of rotatable bonds is 2. The highest BCUT2D eigenvalue weighted by atomic mass is 16.4. The molecule has 1 rings (SSSR count). The highest BCUT2D eigenvalue weighted by molar-refractivity contribution is 5.92. The molecule has 0 atom stereocenters. The molecule has 0 aliphatic heterocycles. The van der Waals surface area contributed by atoms with Crippen LogP contribution in [0, 0.1) is 0 Å². The van der Waals surface area contributed by atoms with Gasteiger partial charge in [0.05, 0.1) is 5.56 Å². The van der Waals surface area contributed by atoms with Gasteiger partial charge in [0, 0.05) is 0 Å². The van der Waals surface area contributed by atoms with Crippen molar-refractivity contribution in [3.8, 4) is 0 Å². The lowest BCUT2D eigenvalue weighted by atomic mass is 10.1. The number of carboxylic acid groups (broad SMARTS) is 1. The third kappa shape index (κ3) is 4.76. The zero-order valence-electron chi connectivity index (χ0n) is 8.81. The minimum absolute atomic E-state index is 0.343. The predicted octanol–water partition coefficient (Wildman–Crippen LogP) is 2.62. The normalized spacial score (nSPS) is 9.20. The van der Waals surface area contributed by atoms with Gasteiger partial charge in [-0.25, -0.2) is 4.79 Å². The fraction of sp³-hybridized carbons (Fsp3) is 0.167. The van der Waals surface area contributed by atoms with Gasteiger partial charge in [-0.2, -0.15) is 0 Å². The number of hydrogen-bond donors (Lipinski definition) is 1. The van der Waals surface area contributed by atoms with Crippen LogP contribution >= 0.6 is 0 Å². The van der Waals surface area contributed by atoms with E-state index in [9.17, 15) is 4.79 Å². The summed E-state index contributed by atoms with van der Waals surface area (Å²) in [6.07, 6.45) is 4.35. The van der Waals surface area contributed by atoms with Crippen molar-refractivity contribution in [2.75, 3.05) is 0 Å². The van der Waals surface area contributed by atoms with Crippen LogP contribution in [0.2, 0.25) is 0 Å². The van der Waals surface area contributed by atoms with E-state index in [1.54, 1.807) is 24.3 Å². The Balaban J connectivity index is 0.000000583. The van der Waals surface area contributed by atoms with E-state index in [4.69, 9.17) is 9.90 Å². The van der Waals surface area contributed by atoms with Crippen molar-refractivity contribution in [2.45, 2.75) is 13.8 Å². The standard InChI is InChI=1S/C10H10O2.C2H4O/c1-2-5-8-6-3-4-7-9(8)10(11)12;1-2-3/h2-7H,1H3,(H,11,12);2H,1H3. The maximum absolute atomic E-state index is 10.7. The average Bonchev–Trinajstić information content (AvgIpc) is 2.20. The summed E-state index contributed by atoms with van der Waals surface area (Å²) in [6.45, 7) is 3.30. The Labute approximate surface area is 89.1 Å². The van der Waals surface area contributed by atoms with Crippen LogP contribution in [-0.4, -0.2) is 17.4 Å². The molecular formula is C12H14O3. The molecule has 0 fully saturated rings. The average molecular weight is 206 g/mol. The van der Waals surface area contributed by atoms with Gasteiger partial charge in [0.1, 0.15) is 6.29 Å². The Morgan fingerprint density at radius 3 is 2.27 bits per heavy atom. The van der Waals surface area contributed by atoms with E-state index in [1.807, 2.05) is 19.1 Å². The van der Waals surface area contributed by atoms with Crippen LogP contribution in [0.5, 0.6) is 0 Å². The fourth-order valence-corrected chi connectivity index (χ4v) is 1.02. The molecule has 0 spiro atoms. The highest BCUT2D eigenvalue weighted by Gasteiger charge is 2.04. The number of carboxylic acids is 1. The minimum Gasteiger partial charge on any atom is -0.478 e. The van der Waals surface area contributed by atoms with Gasteiger partial charge < -0.3 is 9.90 Å². The molecule has 0 heterocycles. The molecule has 1 aromatic rings. The summed E-state index contributed by atoms with van der Waals surface area (Å²) in [4.78, 5) is 19.5. The van der Waals surface area contributed by atoms with Crippen molar-refractivity contribution >= 4 is 18.3 Å². The number of aldehydes is 1. The number of hydrogen-bond acceptors (Lipinski definition) is 2. The predicted molar refractivity (Wildman–Crippen MR) is 59.8 cm³/mol. The van der Waals surface area contributed by atoms with E-state index in [0.29, 0.717) is 5.56 Å². The Kier molecular flexibility index (Phi) is 6.55.